The third-order valence-corrected chi connectivity index (χ3v) is 6.79. The number of hydrogen-bond donors (Lipinski definition) is 1. The molecule has 1 amide bonds. The van der Waals surface area contributed by atoms with Gasteiger partial charge in [0.1, 0.15) is 5.75 Å². The van der Waals surface area contributed by atoms with Gasteiger partial charge in [-0.2, -0.15) is 35.5 Å². The van der Waals surface area contributed by atoms with E-state index in [1.54, 1.807) is 6.92 Å². The molecular weight excluding hydrogens is 585 g/mol. The number of aryl methyl sites for hydroxylation is 1. The van der Waals surface area contributed by atoms with Gasteiger partial charge >= 0.3 is 24.4 Å². The minimum atomic E-state index is -4.50. The second-order valence-electron chi connectivity index (χ2n) is 10.0. The fourth-order valence-corrected chi connectivity index (χ4v) is 4.46. The van der Waals surface area contributed by atoms with E-state index in [1.807, 2.05) is 0 Å². The fourth-order valence-electron chi connectivity index (χ4n) is 4.14. The van der Waals surface area contributed by atoms with Gasteiger partial charge in [0.15, 0.2) is 5.69 Å². The molecule has 2 heterocycles. The summed E-state index contributed by atoms with van der Waals surface area (Å²) in [5.74, 6) is -0.459. The van der Waals surface area contributed by atoms with Gasteiger partial charge in [-0.3, -0.25) is 9.48 Å². The molecule has 1 aliphatic rings. The van der Waals surface area contributed by atoms with Crippen LogP contribution in [0.5, 0.6) is 5.75 Å². The van der Waals surface area contributed by atoms with Gasteiger partial charge in [0.2, 0.25) is 0 Å². The van der Waals surface area contributed by atoms with Crippen LogP contribution in [-0.4, -0.2) is 56.1 Å². The maximum atomic E-state index is 13.4. The molecule has 0 radical (unpaired) electrons. The zero-order valence-corrected chi connectivity index (χ0v) is 23.9. The predicted octanol–water partition coefficient (Wildman–Crippen LogP) is 5.83. The summed E-state index contributed by atoms with van der Waals surface area (Å²) < 4.78 is 95.0. The van der Waals surface area contributed by atoms with Crippen molar-refractivity contribution < 1.29 is 44.6 Å². The van der Waals surface area contributed by atoms with Crippen LogP contribution < -0.4 is 10.1 Å². The minimum Gasteiger partial charge on any atom is -0.434 e. The van der Waals surface area contributed by atoms with Crippen molar-refractivity contribution in [1.82, 2.24) is 15.1 Å². The van der Waals surface area contributed by atoms with Crippen LogP contribution in [0.3, 0.4) is 0 Å². The average Bonchev–Trinajstić information content (AvgIpc) is 3.19. The molecule has 2 atom stereocenters. The van der Waals surface area contributed by atoms with Gasteiger partial charge in [0, 0.05) is 25.3 Å². The molecule has 1 aliphatic heterocycles. The van der Waals surface area contributed by atoms with E-state index in [2.05, 4.69) is 22.1 Å². The van der Waals surface area contributed by atoms with Crippen molar-refractivity contribution >= 4 is 29.1 Å². The first kappa shape index (κ1) is 33.6. The lowest BCUT2D eigenvalue weighted by Gasteiger charge is -2.28. The SMILES string of the molecule is CCn1nc(C(=O)NC[C@@H]2CC[C@@H](C)CO2)c(Cl)c1-c1ccc(CC(C)(C)C(F)(F)F)cc1OC(F)F.O=S=O. The molecule has 3 rings (SSSR count). The first-order valence-corrected chi connectivity index (χ1v) is 13.4. The van der Waals surface area contributed by atoms with Crippen molar-refractivity contribution in [2.45, 2.75) is 72.4 Å². The van der Waals surface area contributed by atoms with Crippen LogP contribution in [0.4, 0.5) is 22.0 Å². The Bertz CT molecular complexity index is 1190. The molecule has 0 unspecified atom stereocenters. The molecule has 1 saturated heterocycles. The van der Waals surface area contributed by atoms with E-state index in [0.29, 0.717) is 12.5 Å². The highest BCUT2D eigenvalue weighted by molar-refractivity contribution is 7.51. The minimum absolute atomic E-state index is 0.0804. The van der Waals surface area contributed by atoms with Crippen LogP contribution in [0.15, 0.2) is 18.2 Å². The third kappa shape index (κ3) is 8.71. The lowest BCUT2D eigenvalue weighted by molar-refractivity contribution is -0.211. The van der Waals surface area contributed by atoms with Crippen LogP contribution in [0, 0.1) is 11.3 Å². The average molecular weight is 616 g/mol. The van der Waals surface area contributed by atoms with Crippen LogP contribution in [0.1, 0.15) is 56.6 Å². The number of nitrogens with zero attached hydrogens (tertiary/aromatic N) is 2. The summed E-state index contributed by atoms with van der Waals surface area (Å²) in [5, 5.41) is 6.93. The standard InChI is InChI=1S/C25H31ClF5N3O3.O2S/c1-5-34-21(19(26)20(33-34)22(35)32-12-16-8-6-14(2)13-36-16)17-9-7-15(10-18(17)37-23(27)28)11-24(3,4)25(29,30)31;1-3-2/h7,9-10,14,16,23H,5-6,8,11-13H2,1-4H3,(H,32,35);/t14-,16+;/m1./s1. The van der Waals surface area contributed by atoms with Crippen molar-refractivity contribution in [3.63, 3.8) is 0 Å². The van der Waals surface area contributed by atoms with Crippen molar-refractivity contribution in [3.05, 3.63) is 34.5 Å². The Balaban J connectivity index is 0.00000178. The Morgan fingerprint density at radius 1 is 1.27 bits per heavy atom. The summed E-state index contributed by atoms with van der Waals surface area (Å²) in [5.41, 5.74) is -1.82. The molecule has 15 heteroatoms. The van der Waals surface area contributed by atoms with E-state index in [-0.39, 0.29) is 52.5 Å². The lowest BCUT2D eigenvalue weighted by Crippen LogP contribution is -2.37. The number of ether oxygens (including phenoxy) is 2. The zero-order chi connectivity index (χ0) is 30.3. The summed E-state index contributed by atoms with van der Waals surface area (Å²) in [6, 6.07) is 3.89. The number of benzene rings is 1. The van der Waals surface area contributed by atoms with Crippen LogP contribution in [0.25, 0.3) is 11.3 Å². The Morgan fingerprint density at radius 3 is 2.45 bits per heavy atom. The molecule has 1 aromatic heterocycles. The van der Waals surface area contributed by atoms with Gasteiger partial charge in [0.25, 0.3) is 5.91 Å². The van der Waals surface area contributed by atoms with E-state index in [9.17, 15) is 26.7 Å². The number of nitrogens with one attached hydrogen (secondary N) is 1. The molecule has 0 spiro atoms. The summed E-state index contributed by atoms with van der Waals surface area (Å²) in [6.07, 6.45) is -3.30. The van der Waals surface area contributed by atoms with Gasteiger partial charge in [-0.15, -0.1) is 0 Å². The number of halogens is 6. The lowest BCUT2D eigenvalue weighted by atomic mass is 9.84. The summed E-state index contributed by atoms with van der Waals surface area (Å²) >= 11 is 5.78. The molecule has 40 heavy (non-hydrogen) atoms. The molecule has 8 nitrogen and oxygen atoms in total. The second-order valence-corrected chi connectivity index (χ2v) is 10.5. The highest BCUT2D eigenvalue weighted by Crippen LogP contribution is 2.43. The first-order valence-electron chi connectivity index (χ1n) is 12.4. The van der Waals surface area contributed by atoms with E-state index in [1.165, 1.54) is 16.8 Å². The number of hydrogen-bond acceptors (Lipinski definition) is 6. The molecule has 0 saturated carbocycles. The van der Waals surface area contributed by atoms with Crippen LogP contribution in [0.2, 0.25) is 5.02 Å². The number of aromatic nitrogens is 2. The van der Waals surface area contributed by atoms with Gasteiger partial charge in [-0.05, 0) is 49.8 Å². The van der Waals surface area contributed by atoms with Gasteiger partial charge < -0.3 is 14.8 Å². The topological polar surface area (TPSA) is 99.5 Å². The van der Waals surface area contributed by atoms with Crippen LogP contribution >= 0.6 is 11.6 Å². The second kappa shape index (κ2) is 14.4. The van der Waals surface area contributed by atoms with Gasteiger partial charge in [-0.25, -0.2) is 0 Å². The van der Waals surface area contributed by atoms with Crippen molar-refractivity contribution in [2.75, 3.05) is 13.2 Å². The van der Waals surface area contributed by atoms with E-state index in [0.717, 1.165) is 32.8 Å². The fraction of sp³-hybridized carbons (Fsp3) is 0.600. The quantitative estimate of drug-likeness (QED) is 0.356. The monoisotopic (exact) mass is 615 g/mol. The number of rotatable bonds is 9. The summed E-state index contributed by atoms with van der Waals surface area (Å²) in [7, 11) is 0. The highest BCUT2D eigenvalue weighted by atomic mass is 35.5. The molecule has 1 aromatic carbocycles. The predicted molar refractivity (Wildman–Crippen MR) is 138 cm³/mol. The molecule has 1 fully saturated rings. The maximum absolute atomic E-state index is 13.4. The first-order chi connectivity index (χ1) is 18.6. The largest absolute Gasteiger partial charge is 0.434 e. The van der Waals surface area contributed by atoms with Crippen molar-refractivity contribution in [2.24, 2.45) is 11.3 Å². The number of alkyl halides is 5. The normalized spacial score (nSPS) is 17.7. The van der Waals surface area contributed by atoms with Gasteiger partial charge in [-0.1, -0.05) is 38.4 Å². The zero-order valence-electron chi connectivity index (χ0n) is 22.3. The third-order valence-electron chi connectivity index (χ3n) is 6.43. The van der Waals surface area contributed by atoms with E-state index < -0.39 is 42.1 Å². The smallest absolute Gasteiger partial charge is 0.394 e. The highest BCUT2D eigenvalue weighted by Gasteiger charge is 2.47. The maximum Gasteiger partial charge on any atom is 0.394 e. The van der Waals surface area contributed by atoms with Crippen molar-refractivity contribution in [1.29, 1.82) is 0 Å². The molecule has 0 bridgehead atoms. The number of carbonyl (C=O) groups is 1. The summed E-state index contributed by atoms with van der Waals surface area (Å²) in [6.45, 7) is 3.75. The summed E-state index contributed by atoms with van der Waals surface area (Å²) in [4.78, 5) is 12.9. The van der Waals surface area contributed by atoms with Gasteiger partial charge in [0.05, 0.1) is 22.2 Å². The number of amides is 1. The Morgan fingerprint density at radius 2 is 1.93 bits per heavy atom. The van der Waals surface area contributed by atoms with Crippen molar-refractivity contribution in [3.8, 4) is 17.0 Å². The van der Waals surface area contributed by atoms with E-state index in [4.69, 9.17) is 24.8 Å². The Kier molecular flexibility index (Phi) is 12.1. The molecule has 224 valence electrons. The Labute approximate surface area is 237 Å². The van der Waals surface area contributed by atoms with Crippen LogP contribution in [-0.2, 0) is 29.3 Å². The number of carbonyl (C=O) groups excluding carboxylic acids is 1. The van der Waals surface area contributed by atoms with E-state index >= 15 is 0 Å². The molecule has 0 aliphatic carbocycles. The molecular formula is C25H31ClF5N3O5S. The Hall–Kier alpha value is -2.58. The molecule has 1 N–H and O–H groups in total. The molecule has 2 aromatic rings.